The Balaban J connectivity index is 2.19. The average Bonchev–Trinajstić information content (AvgIpc) is 2.82. The van der Waals surface area contributed by atoms with E-state index < -0.39 is 0 Å². The van der Waals surface area contributed by atoms with Crippen LogP contribution in [0.2, 0.25) is 0 Å². The van der Waals surface area contributed by atoms with Gasteiger partial charge in [0, 0.05) is 12.0 Å². The van der Waals surface area contributed by atoms with Crippen molar-refractivity contribution in [3.8, 4) is 0 Å². The molecule has 1 saturated heterocycles. The predicted molar refractivity (Wildman–Crippen MR) is 77.3 cm³/mol. The maximum absolute atomic E-state index is 9.56. The molecule has 1 aliphatic rings. The second kappa shape index (κ2) is 7.10. The number of hydrogen-bond donors (Lipinski definition) is 3. The van der Waals surface area contributed by atoms with Crippen molar-refractivity contribution in [1.29, 1.82) is 0 Å². The summed E-state index contributed by atoms with van der Waals surface area (Å²) < 4.78 is 0. The van der Waals surface area contributed by atoms with Gasteiger partial charge < -0.3 is 20.9 Å². The maximum Gasteiger partial charge on any atom is 0.144 e. The Bertz CT molecular complexity index is 303. The van der Waals surface area contributed by atoms with E-state index in [9.17, 15) is 5.11 Å². The number of unbranched alkanes of at least 4 members (excludes halogenated alkanes) is 1. The largest absolute Gasteiger partial charge is 0.409 e. The predicted octanol–water partition coefficient (Wildman–Crippen LogP) is 1.63. The third-order valence-corrected chi connectivity index (χ3v) is 4.32. The summed E-state index contributed by atoms with van der Waals surface area (Å²) in [6, 6.07) is 0. The van der Waals surface area contributed by atoms with Gasteiger partial charge in [-0.15, -0.1) is 0 Å². The van der Waals surface area contributed by atoms with Crippen molar-refractivity contribution >= 4 is 5.84 Å². The van der Waals surface area contributed by atoms with Crippen LogP contribution in [0.1, 0.15) is 46.5 Å². The van der Waals surface area contributed by atoms with Gasteiger partial charge in [-0.25, -0.2) is 0 Å². The quantitative estimate of drug-likeness (QED) is 0.216. The first kappa shape index (κ1) is 16.2. The molecule has 0 bridgehead atoms. The van der Waals surface area contributed by atoms with Gasteiger partial charge in [-0.2, -0.15) is 0 Å². The van der Waals surface area contributed by atoms with Crippen LogP contribution in [0.5, 0.6) is 0 Å². The Morgan fingerprint density at radius 3 is 2.68 bits per heavy atom. The molecule has 2 atom stereocenters. The zero-order chi connectivity index (χ0) is 14.5. The first-order chi connectivity index (χ1) is 8.86. The van der Waals surface area contributed by atoms with E-state index in [-0.39, 0.29) is 11.5 Å². The first-order valence-corrected chi connectivity index (χ1v) is 7.25. The van der Waals surface area contributed by atoms with E-state index in [0.29, 0.717) is 11.8 Å². The van der Waals surface area contributed by atoms with E-state index in [1.165, 1.54) is 0 Å². The molecule has 2 unspecified atom stereocenters. The Morgan fingerprint density at radius 2 is 2.16 bits per heavy atom. The lowest BCUT2D eigenvalue weighted by Crippen LogP contribution is -2.32. The smallest absolute Gasteiger partial charge is 0.144 e. The minimum absolute atomic E-state index is 0.190. The fourth-order valence-corrected chi connectivity index (χ4v) is 2.63. The van der Waals surface area contributed by atoms with Crippen LogP contribution in [0.3, 0.4) is 0 Å². The SMILES string of the molecule is CC(O)C1CCN(CCCCC(C)(C)C(N)=NO)C1. The Kier molecular flexibility index (Phi) is 6.07. The van der Waals surface area contributed by atoms with Gasteiger partial charge in [0.25, 0.3) is 0 Å². The number of rotatable bonds is 7. The van der Waals surface area contributed by atoms with Crippen LogP contribution in [0, 0.1) is 11.3 Å². The van der Waals surface area contributed by atoms with Gasteiger partial charge in [-0.3, -0.25) is 0 Å². The van der Waals surface area contributed by atoms with E-state index in [0.717, 1.165) is 45.3 Å². The molecular weight excluding hydrogens is 242 g/mol. The summed E-state index contributed by atoms with van der Waals surface area (Å²) in [4.78, 5) is 2.42. The third-order valence-electron chi connectivity index (χ3n) is 4.32. The molecule has 1 fully saturated rings. The summed E-state index contributed by atoms with van der Waals surface area (Å²) in [5, 5.41) is 21.4. The Labute approximate surface area is 116 Å². The molecule has 1 rings (SSSR count). The fraction of sp³-hybridized carbons (Fsp3) is 0.929. The highest BCUT2D eigenvalue weighted by Gasteiger charge is 2.26. The molecule has 5 heteroatoms. The van der Waals surface area contributed by atoms with E-state index in [4.69, 9.17) is 10.9 Å². The second-order valence-electron chi connectivity index (χ2n) is 6.42. The van der Waals surface area contributed by atoms with Crippen molar-refractivity contribution in [2.45, 2.75) is 52.6 Å². The topological polar surface area (TPSA) is 82.1 Å². The van der Waals surface area contributed by atoms with Crippen molar-refractivity contribution in [2.75, 3.05) is 19.6 Å². The molecule has 19 heavy (non-hydrogen) atoms. The third kappa shape index (κ3) is 4.99. The number of nitrogens with zero attached hydrogens (tertiary/aromatic N) is 2. The summed E-state index contributed by atoms with van der Waals surface area (Å²) in [7, 11) is 0. The molecule has 0 aliphatic carbocycles. The molecule has 0 spiro atoms. The highest BCUT2D eigenvalue weighted by molar-refractivity contribution is 5.85. The second-order valence-corrected chi connectivity index (χ2v) is 6.42. The zero-order valence-corrected chi connectivity index (χ0v) is 12.5. The van der Waals surface area contributed by atoms with Gasteiger partial charge in [-0.05, 0) is 45.2 Å². The highest BCUT2D eigenvalue weighted by Crippen LogP contribution is 2.24. The standard InChI is InChI=1S/C14H29N3O2/c1-11(18)12-6-9-17(10-12)8-5-4-7-14(2,3)13(15)16-19/h11-12,18-19H,4-10H2,1-3H3,(H2,15,16). The fourth-order valence-electron chi connectivity index (χ4n) is 2.63. The van der Waals surface area contributed by atoms with E-state index in [2.05, 4.69) is 10.1 Å². The highest BCUT2D eigenvalue weighted by atomic mass is 16.4. The molecule has 4 N–H and O–H groups in total. The summed E-state index contributed by atoms with van der Waals surface area (Å²) in [5.74, 6) is 0.747. The molecule has 1 heterocycles. The lowest BCUT2D eigenvalue weighted by atomic mass is 9.86. The van der Waals surface area contributed by atoms with Crippen LogP contribution in [-0.4, -0.2) is 46.8 Å². The Morgan fingerprint density at radius 1 is 1.47 bits per heavy atom. The van der Waals surface area contributed by atoms with Crippen molar-refractivity contribution in [1.82, 2.24) is 4.90 Å². The normalized spacial score (nSPS) is 23.8. The molecule has 112 valence electrons. The summed E-state index contributed by atoms with van der Waals surface area (Å²) >= 11 is 0. The number of aliphatic hydroxyl groups excluding tert-OH is 1. The van der Waals surface area contributed by atoms with Gasteiger partial charge in [0.15, 0.2) is 0 Å². The van der Waals surface area contributed by atoms with Crippen molar-refractivity contribution in [3.63, 3.8) is 0 Å². The van der Waals surface area contributed by atoms with Crippen molar-refractivity contribution < 1.29 is 10.3 Å². The van der Waals surface area contributed by atoms with Crippen molar-refractivity contribution in [3.05, 3.63) is 0 Å². The van der Waals surface area contributed by atoms with Crippen LogP contribution < -0.4 is 5.73 Å². The van der Waals surface area contributed by atoms with Crippen LogP contribution in [-0.2, 0) is 0 Å². The minimum Gasteiger partial charge on any atom is -0.409 e. The number of amidine groups is 1. The minimum atomic E-state index is -0.234. The average molecular weight is 271 g/mol. The number of hydrogen-bond acceptors (Lipinski definition) is 4. The van der Waals surface area contributed by atoms with Gasteiger partial charge in [0.1, 0.15) is 5.84 Å². The lowest BCUT2D eigenvalue weighted by Gasteiger charge is -2.23. The van der Waals surface area contributed by atoms with Crippen LogP contribution in [0.15, 0.2) is 5.16 Å². The van der Waals surface area contributed by atoms with Gasteiger partial charge in [0.2, 0.25) is 0 Å². The molecule has 0 aromatic carbocycles. The van der Waals surface area contributed by atoms with Gasteiger partial charge >= 0.3 is 0 Å². The number of nitrogens with two attached hydrogens (primary N) is 1. The number of oxime groups is 1. The van der Waals surface area contributed by atoms with E-state index in [1.54, 1.807) is 0 Å². The molecular formula is C14H29N3O2. The first-order valence-electron chi connectivity index (χ1n) is 7.25. The molecule has 5 nitrogen and oxygen atoms in total. The number of aliphatic hydroxyl groups is 1. The van der Waals surface area contributed by atoms with Crippen LogP contribution in [0.4, 0.5) is 0 Å². The molecule has 0 radical (unpaired) electrons. The Hall–Kier alpha value is -0.810. The summed E-state index contributed by atoms with van der Waals surface area (Å²) in [6.45, 7) is 9.08. The molecule has 0 aromatic heterocycles. The van der Waals surface area contributed by atoms with Gasteiger partial charge in [-0.1, -0.05) is 25.4 Å². The zero-order valence-electron chi connectivity index (χ0n) is 12.5. The maximum atomic E-state index is 9.56. The molecule has 0 saturated carbocycles. The molecule has 1 aliphatic heterocycles. The molecule has 0 amide bonds. The lowest BCUT2D eigenvalue weighted by molar-refractivity contribution is 0.127. The molecule has 0 aromatic rings. The van der Waals surface area contributed by atoms with Crippen LogP contribution in [0.25, 0.3) is 0 Å². The number of likely N-dealkylation sites (tertiary alicyclic amines) is 1. The monoisotopic (exact) mass is 271 g/mol. The summed E-state index contributed by atoms with van der Waals surface area (Å²) in [5.41, 5.74) is 5.43. The summed E-state index contributed by atoms with van der Waals surface area (Å²) in [6.07, 6.45) is 4.03. The van der Waals surface area contributed by atoms with Gasteiger partial charge in [0.05, 0.1) is 6.10 Å². The van der Waals surface area contributed by atoms with E-state index in [1.807, 2.05) is 20.8 Å². The van der Waals surface area contributed by atoms with E-state index >= 15 is 0 Å². The van der Waals surface area contributed by atoms with Crippen molar-refractivity contribution in [2.24, 2.45) is 22.2 Å². The van der Waals surface area contributed by atoms with Crippen LogP contribution >= 0.6 is 0 Å².